The number of halogens is 2. The Hall–Kier alpha value is -2.21. The highest BCUT2D eigenvalue weighted by atomic mass is 35.5. The van der Waals surface area contributed by atoms with E-state index in [1.807, 2.05) is 24.0 Å². The number of aryl methyl sites for hydroxylation is 2. The fraction of sp³-hybridized carbons (Fsp3) is 0.389. The van der Waals surface area contributed by atoms with E-state index in [1.165, 1.54) is 6.07 Å². The fourth-order valence-corrected chi connectivity index (χ4v) is 3.05. The molecule has 0 radical (unpaired) electrons. The topological polar surface area (TPSA) is 49.3 Å². The molecule has 7 heteroatoms. The molecule has 1 aromatic heterocycles. The van der Waals surface area contributed by atoms with Crippen molar-refractivity contribution in [3.63, 3.8) is 0 Å². The third-order valence-corrected chi connectivity index (χ3v) is 4.64. The van der Waals surface area contributed by atoms with Gasteiger partial charge < -0.3 is 9.80 Å². The van der Waals surface area contributed by atoms with Gasteiger partial charge in [0, 0.05) is 32.6 Å². The molecule has 0 aliphatic carbocycles. The highest BCUT2D eigenvalue weighted by molar-refractivity contribution is 6.30. The van der Waals surface area contributed by atoms with Crippen LogP contribution in [-0.4, -0.2) is 47.2 Å². The number of hydrogen-bond acceptors (Lipinski definition) is 4. The molecular formula is C18H20ClFN4O. The van der Waals surface area contributed by atoms with Gasteiger partial charge in [0.1, 0.15) is 5.82 Å². The molecule has 1 aromatic carbocycles. The van der Waals surface area contributed by atoms with E-state index in [2.05, 4.69) is 15.1 Å². The van der Waals surface area contributed by atoms with E-state index in [-0.39, 0.29) is 10.9 Å². The second-order valence-corrected chi connectivity index (χ2v) is 6.56. The molecule has 0 saturated carbocycles. The van der Waals surface area contributed by atoms with Crippen LogP contribution in [0.5, 0.6) is 0 Å². The van der Waals surface area contributed by atoms with E-state index in [1.54, 1.807) is 12.1 Å². The number of nitrogens with zero attached hydrogens (tertiary/aromatic N) is 4. The number of benzene rings is 1. The van der Waals surface area contributed by atoms with Gasteiger partial charge in [-0.05, 0) is 43.2 Å². The van der Waals surface area contributed by atoms with Gasteiger partial charge in [-0.1, -0.05) is 17.7 Å². The standard InChI is InChI=1S/C18H20ClFN4O/c1-13-2-6-17(22-21-13)23-8-10-24(11-9-23)18(25)7-4-14-3-5-16(20)15(19)12-14/h2-3,5-6,12H,4,7-11H2,1H3. The van der Waals surface area contributed by atoms with Crippen LogP contribution >= 0.6 is 11.6 Å². The molecule has 5 nitrogen and oxygen atoms in total. The Morgan fingerprint density at radius 3 is 2.56 bits per heavy atom. The number of anilines is 1. The van der Waals surface area contributed by atoms with Crippen LogP contribution in [0.3, 0.4) is 0 Å². The minimum Gasteiger partial charge on any atom is -0.352 e. The number of piperazine rings is 1. The largest absolute Gasteiger partial charge is 0.352 e. The molecular weight excluding hydrogens is 343 g/mol. The Morgan fingerprint density at radius 2 is 1.92 bits per heavy atom. The quantitative estimate of drug-likeness (QED) is 0.839. The normalized spacial score (nSPS) is 14.7. The van der Waals surface area contributed by atoms with E-state index in [0.29, 0.717) is 25.9 Å². The summed E-state index contributed by atoms with van der Waals surface area (Å²) in [5.74, 6) is 0.515. The SMILES string of the molecule is Cc1ccc(N2CCN(C(=O)CCc3ccc(F)c(Cl)c3)CC2)nn1. The van der Waals surface area contributed by atoms with Crippen LogP contribution in [0, 0.1) is 12.7 Å². The maximum absolute atomic E-state index is 13.2. The molecule has 0 atom stereocenters. The van der Waals surface area contributed by atoms with Crippen LogP contribution in [0.1, 0.15) is 17.7 Å². The molecule has 0 unspecified atom stereocenters. The maximum atomic E-state index is 13.2. The Labute approximate surface area is 151 Å². The molecule has 0 bridgehead atoms. The van der Waals surface area contributed by atoms with Crippen LogP contribution in [-0.2, 0) is 11.2 Å². The highest BCUT2D eigenvalue weighted by Gasteiger charge is 2.21. The van der Waals surface area contributed by atoms with Gasteiger partial charge in [0.25, 0.3) is 0 Å². The van der Waals surface area contributed by atoms with Crippen molar-refractivity contribution in [3.8, 4) is 0 Å². The van der Waals surface area contributed by atoms with Gasteiger partial charge in [0.05, 0.1) is 10.7 Å². The molecule has 2 heterocycles. The lowest BCUT2D eigenvalue weighted by Crippen LogP contribution is -2.49. The number of carbonyl (C=O) groups is 1. The van der Waals surface area contributed by atoms with Gasteiger partial charge in [-0.3, -0.25) is 4.79 Å². The first-order valence-corrected chi connectivity index (χ1v) is 8.68. The summed E-state index contributed by atoms with van der Waals surface area (Å²) in [7, 11) is 0. The number of hydrogen-bond donors (Lipinski definition) is 0. The average molecular weight is 363 g/mol. The Morgan fingerprint density at radius 1 is 1.16 bits per heavy atom. The minimum absolute atomic E-state index is 0.0952. The smallest absolute Gasteiger partial charge is 0.223 e. The lowest BCUT2D eigenvalue weighted by atomic mass is 10.1. The summed E-state index contributed by atoms with van der Waals surface area (Å²) >= 11 is 5.77. The van der Waals surface area contributed by atoms with E-state index in [9.17, 15) is 9.18 Å². The van der Waals surface area contributed by atoms with Crippen molar-refractivity contribution >= 4 is 23.3 Å². The van der Waals surface area contributed by atoms with Crippen LogP contribution in [0.4, 0.5) is 10.2 Å². The number of rotatable bonds is 4. The predicted octanol–water partition coefficient (Wildman–Crippen LogP) is 2.86. The molecule has 2 aromatic rings. The first kappa shape index (κ1) is 17.6. The zero-order chi connectivity index (χ0) is 17.8. The van der Waals surface area contributed by atoms with Gasteiger partial charge in [-0.2, -0.15) is 5.10 Å². The molecule has 0 N–H and O–H groups in total. The van der Waals surface area contributed by atoms with E-state index in [4.69, 9.17) is 11.6 Å². The molecule has 1 amide bonds. The molecule has 25 heavy (non-hydrogen) atoms. The summed E-state index contributed by atoms with van der Waals surface area (Å²) in [6.07, 6.45) is 0.953. The van der Waals surface area contributed by atoms with Gasteiger partial charge >= 0.3 is 0 Å². The van der Waals surface area contributed by atoms with Crippen LogP contribution in [0.25, 0.3) is 0 Å². The summed E-state index contributed by atoms with van der Waals surface area (Å²) in [5.41, 5.74) is 1.76. The average Bonchev–Trinajstić information content (AvgIpc) is 2.63. The number of amides is 1. The Balaban J connectivity index is 1.49. The van der Waals surface area contributed by atoms with Crippen molar-refractivity contribution < 1.29 is 9.18 Å². The van der Waals surface area contributed by atoms with E-state index >= 15 is 0 Å². The summed E-state index contributed by atoms with van der Waals surface area (Å²) in [6.45, 7) is 4.72. The minimum atomic E-state index is -0.438. The van der Waals surface area contributed by atoms with E-state index in [0.717, 1.165) is 30.2 Å². The Kier molecular flexibility index (Phi) is 5.48. The zero-order valence-corrected chi connectivity index (χ0v) is 14.8. The first-order valence-electron chi connectivity index (χ1n) is 8.30. The zero-order valence-electron chi connectivity index (χ0n) is 14.1. The van der Waals surface area contributed by atoms with Crippen molar-refractivity contribution in [1.29, 1.82) is 0 Å². The van der Waals surface area contributed by atoms with Gasteiger partial charge in [-0.25, -0.2) is 4.39 Å². The first-order chi connectivity index (χ1) is 12.0. The molecule has 1 aliphatic rings. The van der Waals surface area contributed by atoms with Crippen molar-refractivity contribution in [2.75, 3.05) is 31.1 Å². The van der Waals surface area contributed by atoms with Crippen LogP contribution < -0.4 is 4.90 Å². The molecule has 1 aliphatic heterocycles. The summed E-state index contributed by atoms with van der Waals surface area (Å²) in [5, 5.41) is 8.36. The molecule has 3 rings (SSSR count). The van der Waals surface area contributed by atoms with Crippen molar-refractivity contribution in [1.82, 2.24) is 15.1 Å². The molecule has 1 fully saturated rings. The maximum Gasteiger partial charge on any atom is 0.223 e. The lowest BCUT2D eigenvalue weighted by Gasteiger charge is -2.35. The van der Waals surface area contributed by atoms with Gasteiger partial charge in [-0.15, -0.1) is 5.10 Å². The summed E-state index contributed by atoms with van der Waals surface area (Å²) in [6, 6.07) is 8.48. The monoisotopic (exact) mass is 362 g/mol. The Bertz CT molecular complexity index is 745. The van der Waals surface area contributed by atoms with E-state index < -0.39 is 5.82 Å². The lowest BCUT2D eigenvalue weighted by molar-refractivity contribution is -0.131. The number of carbonyl (C=O) groups excluding carboxylic acids is 1. The molecule has 1 saturated heterocycles. The van der Waals surface area contributed by atoms with Crippen molar-refractivity contribution in [2.24, 2.45) is 0 Å². The number of aromatic nitrogens is 2. The third kappa shape index (κ3) is 4.45. The van der Waals surface area contributed by atoms with Gasteiger partial charge in [0.2, 0.25) is 5.91 Å². The third-order valence-electron chi connectivity index (χ3n) is 4.35. The summed E-state index contributed by atoms with van der Waals surface area (Å²) < 4.78 is 13.2. The predicted molar refractivity (Wildman–Crippen MR) is 95.3 cm³/mol. The highest BCUT2D eigenvalue weighted by Crippen LogP contribution is 2.18. The second kappa shape index (κ2) is 7.78. The second-order valence-electron chi connectivity index (χ2n) is 6.15. The van der Waals surface area contributed by atoms with Crippen LogP contribution in [0.15, 0.2) is 30.3 Å². The van der Waals surface area contributed by atoms with Gasteiger partial charge in [0.15, 0.2) is 5.82 Å². The van der Waals surface area contributed by atoms with Crippen LogP contribution in [0.2, 0.25) is 5.02 Å². The fourth-order valence-electron chi connectivity index (χ4n) is 2.85. The molecule has 132 valence electrons. The van der Waals surface area contributed by atoms with Crippen molar-refractivity contribution in [2.45, 2.75) is 19.8 Å². The summed E-state index contributed by atoms with van der Waals surface area (Å²) in [4.78, 5) is 16.4. The molecule has 0 spiro atoms. The van der Waals surface area contributed by atoms with Crippen molar-refractivity contribution in [3.05, 3.63) is 52.4 Å².